The fourth-order valence-electron chi connectivity index (χ4n) is 6.08. The maximum Gasteiger partial charge on any atom is 0.349 e. The molecule has 0 spiro atoms. The van der Waals surface area contributed by atoms with Crippen LogP contribution >= 0.6 is 0 Å². The van der Waals surface area contributed by atoms with Crippen molar-refractivity contribution in [1.29, 1.82) is 0 Å². The number of oxazole rings is 1. The Labute approximate surface area is 266 Å². The minimum atomic E-state index is -1.06. The minimum absolute atomic E-state index is 0.221. The number of carboxylic acids is 1. The molecule has 0 amide bonds. The van der Waals surface area contributed by atoms with E-state index in [0.29, 0.717) is 59.9 Å². The van der Waals surface area contributed by atoms with Crippen LogP contribution in [0.2, 0.25) is 0 Å². The highest BCUT2D eigenvalue weighted by Crippen LogP contribution is 2.38. The molecule has 3 heterocycles. The molecular weight excluding hydrogens is 584 g/mol. The van der Waals surface area contributed by atoms with Crippen molar-refractivity contribution in [3.8, 4) is 17.2 Å². The molecule has 7 rings (SSSR count). The molecule has 46 heavy (non-hydrogen) atoms. The van der Waals surface area contributed by atoms with Crippen LogP contribution in [-0.2, 0) is 22.7 Å². The Bertz CT molecular complexity index is 2030. The highest BCUT2D eigenvalue weighted by Gasteiger charge is 2.26. The third-order valence-electron chi connectivity index (χ3n) is 8.35. The van der Waals surface area contributed by atoms with Crippen LogP contribution in [0.15, 0.2) is 95.0 Å². The fourth-order valence-corrected chi connectivity index (χ4v) is 6.08. The Morgan fingerprint density at radius 2 is 1.91 bits per heavy atom. The molecule has 2 aliphatic rings. The summed E-state index contributed by atoms with van der Waals surface area (Å²) < 4.78 is 31.7. The van der Waals surface area contributed by atoms with Gasteiger partial charge in [-0.3, -0.25) is 0 Å². The van der Waals surface area contributed by atoms with Gasteiger partial charge in [0.1, 0.15) is 23.8 Å². The molecule has 5 aromatic rings. The maximum atomic E-state index is 12.3. The lowest BCUT2D eigenvalue weighted by atomic mass is 9.99. The van der Waals surface area contributed by atoms with Crippen LogP contribution in [0.25, 0.3) is 27.6 Å². The number of methoxy groups -OCH3 is 1. The first kappa shape index (κ1) is 29.3. The number of ether oxygens (including phenoxy) is 4. The summed E-state index contributed by atoms with van der Waals surface area (Å²) in [5.74, 6) is 2.55. The molecule has 1 unspecified atom stereocenters. The molecule has 9 nitrogen and oxygen atoms in total. The molecule has 0 bridgehead atoms. The fraction of sp³-hybridized carbons (Fsp3) is 0.243. The van der Waals surface area contributed by atoms with Crippen molar-refractivity contribution >= 4 is 33.5 Å². The lowest BCUT2D eigenvalue weighted by molar-refractivity contribution is -0.143. The topological polar surface area (TPSA) is 105 Å². The Balaban J connectivity index is 1.17. The summed E-state index contributed by atoms with van der Waals surface area (Å²) in [7, 11) is 1.62. The second-order valence-electron chi connectivity index (χ2n) is 11.3. The number of rotatable bonds is 11. The molecule has 234 valence electrons. The summed E-state index contributed by atoms with van der Waals surface area (Å²) in [5, 5.41) is 11.9. The van der Waals surface area contributed by atoms with Crippen molar-refractivity contribution < 1.29 is 33.3 Å². The van der Waals surface area contributed by atoms with Crippen molar-refractivity contribution in [2.24, 2.45) is 0 Å². The zero-order valence-electron chi connectivity index (χ0n) is 25.7. The first-order valence-corrected chi connectivity index (χ1v) is 15.3. The number of carbonyl (C=O) groups is 1. The van der Waals surface area contributed by atoms with E-state index in [1.807, 2.05) is 85.8 Å². The highest BCUT2D eigenvalue weighted by molar-refractivity contribution is 6.11. The Hall–Kier alpha value is -5.44. The lowest BCUT2D eigenvalue weighted by Crippen LogP contribution is -2.29. The van der Waals surface area contributed by atoms with Gasteiger partial charge >= 0.3 is 5.97 Å². The monoisotopic (exact) mass is 618 g/mol. The van der Waals surface area contributed by atoms with Crippen LogP contribution in [0, 0.1) is 6.92 Å². The summed E-state index contributed by atoms with van der Waals surface area (Å²) in [6, 6.07) is 19.8. The average molecular weight is 619 g/mol. The molecule has 0 saturated carbocycles. The number of para-hydroxylation sites is 1. The van der Waals surface area contributed by atoms with Crippen molar-refractivity contribution in [3.05, 3.63) is 113 Å². The van der Waals surface area contributed by atoms with E-state index >= 15 is 0 Å². The Morgan fingerprint density at radius 1 is 1.04 bits per heavy atom. The number of hydrogen-bond donors (Lipinski definition) is 1. The van der Waals surface area contributed by atoms with E-state index in [2.05, 4.69) is 15.6 Å². The smallest absolute Gasteiger partial charge is 0.349 e. The van der Waals surface area contributed by atoms with Gasteiger partial charge in [0, 0.05) is 29.3 Å². The van der Waals surface area contributed by atoms with Gasteiger partial charge in [-0.05, 0) is 67.3 Å². The van der Waals surface area contributed by atoms with Gasteiger partial charge in [-0.15, -0.1) is 0 Å². The molecule has 9 heteroatoms. The van der Waals surface area contributed by atoms with Crippen LogP contribution in [-0.4, -0.2) is 40.4 Å². The number of aliphatic carboxylic acids is 1. The molecule has 2 aromatic heterocycles. The number of carboxylic acid groups (broad SMARTS) is 1. The number of fused-ring (bicyclic) bond motifs is 3. The van der Waals surface area contributed by atoms with Gasteiger partial charge in [-0.2, -0.15) is 0 Å². The molecule has 1 aliphatic heterocycles. The van der Waals surface area contributed by atoms with Gasteiger partial charge in [0.15, 0.2) is 17.3 Å². The van der Waals surface area contributed by atoms with E-state index in [4.69, 9.17) is 23.4 Å². The number of aryl methyl sites for hydroxylation is 1. The number of benzene rings is 3. The first-order chi connectivity index (χ1) is 22.5. The number of hydrogen-bond acceptors (Lipinski definition) is 7. The van der Waals surface area contributed by atoms with Gasteiger partial charge < -0.3 is 33.0 Å². The third kappa shape index (κ3) is 5.60. The summed E-state index contributed by atoms with van der Waals surface area (Å²) >= 11 is 0. The zero-order valence-corrected chi connectivity index (χ0v) is 25.7. The summed E-state index contributed by atoms with van der Waals surface area (Å²) in [4.78, 5) is 16.9. The highest BCUT2D eigenvalue weighted by atomic mass is 16.5. The zero-order chi connectivity index (χ0) is 31.6. The SMILES string of the molecule is COc1cc(Cn2c3ccccc3c3c(OC(C(=O)O)C4=CC=CCC4)cccc32)ccc1OCc1nc(C2=CCCO2)oc1C. The van der Waals surface area contributed by atoms with Crippen molar-refractivity contribution in [3.63, 3.8) is 0 Å². The number of nitrogens with zero attached hydrogens (tertiary/aromatic N) is 2. The standard InChI is InChI=1S/C37H34N2O7/c1-23-27(38-36(45-23)32-16-9-19-43-32)22-44-30-18-17-24(20-33(30)42-2)21-39-28-13-7-6-12-26(28)34-29(39)14-8-15-31(34)46-35(37(40)41)25-10-4-3-5-11-25/h3-4,6-8,10,12-18,20,35H,5,9,11,19,21-22H2,1-2H3,(H,40,41). The van der Waals surface area contributed by atoms with Crippen molar-refractivity contribution in [1.82, 2.24) is 9.55 Å². The summed E-state index contributed by atoms with van der Waals surface area (Å²) in [5.41, 5.74) is 4.41. The number of aromatic nitrogens is 2. The van der Waals surface area contributed by atoms with Crippen LogP contribution in [0.1, 0.15) is 42.2 Å². The van der Waals surface area contributed by atoms with Crippen LogP contribution in [0.3, 0.4) is 0 Å². The molecule has 0 saturated heterocycles. The van der Waals surface area contributed by atoms with Crippen molar-refractivity contribution in [2.45, 2.75) is 45.4 Å². The normalized spacial score (nSPS) is 15.0. The van der Waals surface area contributed by atoms with Gasteiger partial charge in [-0.1, -0.05) is 48.6 Å². The molecule has 0 fully saturated rings. The predicted molar refractivity (Wildman–Crippen MR) is 174 cm³/mol. The second kappa shape index (κ2) is 12.5. The first-order valence-electron chi connectivity index (χ1n) is 15.3. The molecule has 1 N–H and O–H groups in total. The second-order valence-corrected chi connectivity index (χ2v) is 11.3. The van der Waals surface area contributed by atoms with Gasteiger partial charge in [-0.25, -0.2) is 9.78 Å². The van der Waals surface area contributed by atoms with E-state index in [-0.39, 0.29) is 6.61 Å². The lowest BCUT2D eigenvalue weighted by Gasteiger charge is -2.20. The minimum Gasteiger partial charge on any atom is -0.493 e. The molecule has 0 radical (unpaired) electrons. The van der Waals surface area contributed by atoms with E-state index in [9.17, 15) is 9.90 Å². The van der Waals surface area contributed by atoms with E-state index in [1.165, 1.54) is 0 Å². The van der Waals surface area contributed by atoms with Crippen LogP contribution < -0.4 is 14.2 Å². The molecule has 1 aliphatic carbocycles. The average Bonchev–Trinajstić information content (AvgIpc) is 3.82. The largest absolute Gasteiger partial charge is 0.493 e. The predicted octanol–water partition coefficient (Wildman–Crippen LogP) is 7.60. The third-order valence-corrected chi connectivity index (χ3v) is 8.35. The maximum absolute atomic E-state index is 12.3. The van der Waals surface area contributed by atoms with Crippen LogP contribution in [0.4, 0.5) is 0 Å². The van der Waals surface area contributed by atoms with E-state index < -0.39 is 12.1 Å². The van der Waals surface area contributed by atoms with Gasteiger partial charge in [0.25, 0.3) is 5.89 Å². The quantitative estimate of drug-likeness (QED) is 0.161. The Morgan fingerprint density at radius 3 is 2.70 bits per heavy atom. The van der Waals surface area contributed by atoms with E-state index in [1.54, 1.807) is 7.11 Å². The molecule has 3 aromatic carbocycles. The molecular formula is C37H34N2O7. The Kier molecular flexibility index (Phi) is 7.97. The summed E-state index contributed by atoms with van der Waals surface area (Å²) in [6.45, 7) is 3.26. The van der Waals surface area contributed by atoms with Crippen molar-refractivity contribution in [2.75, 3.05) is 13.7 Å². The van der Waals surface area contributed by atoms with Crippen LogP contribution in [0.5, 0.6) is 17.2 Å². The van der Waals surface area contributed by atoms with Gasteiger partial charge in [0.2, 0.25) is 6.10 Å². The van der Waals surface area contributed by atoms with E-state index in [0.717, 1.165) is 45.8 Å². The molecule has 1 atom stereocenters. The number of allylic oxidation sites excluding steroid dienone is 3. The van der Waals surface area contributed by atoms with Gasteiger partial charge in [0.05, 0.1) is 19.2 Å². The summed E-state index contributed by atoms with van der Waals surface area (Å²) in [6.07, 6.45) is 8.98.